The number of halogens is 3. The number of aryl methyl sites for hydroxylation is 2. The van der Waals surface area contributed by atoms with Gasteiger partial charge in [-0.25, -0.2) is 20.8 Å². The van der Waals surface area contributed by atoms with Gasteiger partial charge in [0.2, 0.25) is 0 Å². The first-order valence-electron chi connectivity index (χ1n) is 10.8. The Morgan fingerprint density at radius 2 is 1.85 bits per heavy atom. The van der Waals surface area contributed by atoms with Gasteiger partial charge in [0.1, 0.15) is 23.1 Å². The Morgan fingerprint density at radius 3 is 2.45 bits per heavy atom. The predicted molar refractivity (Wildman–Crippen MR) is 120 cm³/mol. The summed E-state index contributed by atoms with van der Waals surface area (Å²) in [6.07, 6.45) is 1.28. The van der Waals surface area contributed by atoms with E-state index in [1.807, 2.05) is 13.0 Å². The molecule has 33 heavy (non-hydrogen) atoms. The van der Waals surface area contributed by atoms with Crippen molar-refractivity contribution < 1.29 is 17.9 Å². The summed E-state index contributed by atoms with van der Waals surface area (Å²) in [7, 11) is 1.59. The second-order valence-electron chi connectivity index (χ2n) is 8.17. The van der Waals surface area contributed by atoms with Gasteiger partial charge in [-0.3, -0.25) is 0 Å². The van der Waals surface area contributed by atoms with Crippen molar-refractivity contribution in [1.82, 2.24) is 20.0 Å². The Hall–Kier alpha value is -3.08. The molecule has 0 aromatic carbocycles. The number of nitrogens with one attached hydrogen (secondary N) is 1. The highest BCUT2D eigenvalue weighted by atomic mass is 19.4. The van der Waals surface area contributed by atoms with Crippen LogP contribution in [0.3, 0.4) is 0 Å². The number of anilines is 1. The van der Waals surface area contributed by atoms with E-state index in [9.17, 15) is 13.2 Å². The van der Waals surface area contributed by atoms with E-state index >= 15 is 0 Å². The van der Waals surface area contributed by atoms with Gasteiger partial charge in [-0.1, -0.05) is 6.42 Å². The van der Waals surface area contributed by atoms with Crippen LogP contribution in [0.5, 0.6) is 5.75 Å². The molecule has 2 heterocycles. The molecule has 1 aliphatic rings. The summed E-state index contributed by atoms with van der Waals surface area (Å²) in [5.74, 6) is 6.68. The molecule has 5 N–H and O–H groups in total. The van der Waals surface area contributed by atoms with Crippen molar-refractivity contribution in [2.24, 2.45) is 11.6 Å². The molecule has 1 saturated carbocycles. The van der Waals surface area contributed by atoms with Gasteiger partial charge in [-0.2, -0.15) is 13.2 Å². The van der Waals surface area contributed by atoms with Crippen LogP contribution in [0.4, 0.5) is 19.0 Å². The van der Waals surface area contributed by atoms with Crippen LogP contribution in [-0.4, -0.2) is 39.7 Å². The van der Waals surface area contributed by atoms with Gasteiger partial charge < -0.3 is 20.8 Å². The molecule has 2 aromatic rings. The highest BCUT2D eigenvalue weighted by Crippen LogP contribution is 2.29. The first-order valence-corrected chi connectivity index (χ1v) is 10.8. The molecule has 1 fully saturated rings. The third-order valence-electron chi connectivity index (χ3n) is 5.46. The highest BCUT2D eigenvalue weighted by molar-refractivity contribution is 5.64. The third kappa shape index (κ3) is 6.47. The standard InChI is InChI=1S/C22H30F3N7O/c1-13-18(33-15-7-5-4-6-8-15)10-9-16(29-13)21(26)17(32(3)27)12-28-20-11-19(22(23,24)25)30-14(2)31-20/h9-11,15H,4-8,12,26-27H2,1-3H3,(H,28,30,31)/b21-17-. The summed E-state index contributed by atoms with van der Waals surface area (Å²) in [6.45, 7) is 3.28. The number of hydrogen-bond donors (Lipinski definition) is 3. The van der Waals surface area contributed by atoms with Crippen molar-refractivity contribution in [3.63, 3.8) is 0 Å². The molecular weight excluding hydrogens is 435 g/mol. The SMILES string of the molecule is Cc1nc(NC/C(=C(/N)c2ccc(OC3CCCCC3)c(C)n2)N(C)N)cc(C(F)(F)F)n1. The lowest BCUT2D eigenvalue weighted by molar-refractivity contribution is -0.141. The number of rotatable bonds is 7. The number of hydrazine groups is 1. The lowest BCUT2D eigenvalue weighted by atomic mass is 9.98. The summed E-state index contributed by atoms with van der Waals surface area (Å²) >= 11 is 0. The van der Waals surface area contributed by atoms with Crippen LogP contribution in [0.2, 0.25) is 0 Å². The van der Waals surface area contributed by atoms with Gasteiger partial charge in [0.05, 0.1) is 35.4 Å². The average molecular weight is 466 g/mol. The van der Waals surface area contributed by atoms with Gasteiger partial charge in [0.25, 0.3) is 0 Å². The van der Waals surface area contributed by atoms with Crippen molar-refractivity contribution in [1.29, 1.82) is 0 Å². The minimum Gasteiger partial charge on any atom is -0.489 e. The minimum atomic E-state index is -4.57. The molecule has 180 valence electrons. The smallest absolute Gasteiger partial charge is 0.433 e. The van der Waals surface area contributed by atoms with Crippen LogP contribution in [-0.2, 0) is 6.18 Å². The zero-order valence-electron chi connectivity index (χ0n) is 19.0. The molecule has 3 rings (SSSR count). The molecule has 0 aliphatic heterocycles. The molecule has 0 amide bonds. The maximum atomic E-state index is 13.0. The number of nitrogens with zero attached hydrogens (tertiary/aromatic N) is 4. The summed E-state index contributed by atoms with van der Waals surface area (Å²) < 4.78 is 45.3. The normalized spacial score (nSPS) is 15.7. The Morgan fingerprint density at radius 1 is 1.15 bits per heavy atom. The third-order valence-corrected chi connectivity index (χ3v) is 5.46. The summed E-state index contributed by atoms with van der Waals surface area (Å²) in [4.78, 5) is 12.0. The Labute approximate surface area is 191 Å². The lowest BCUT2D eigenvalue weighted by Gasteiger charge is -2.24. The Kier molecular flexibility index (Phi) is 7.62. The maximum absolute atomic E-state index is 13.0. The van der Waals surface area contributed by atoms with Gasteiger partial charge in [-0.05, 0) is 51.7 Å². The molecule has 0 spiro atoms. The fourth-order valence-electron chi connectivity index (χ4n) is 3.72. The highest BCUT2D eigenvalue weighted by Gasteiger charge is 2.33. The zero-order valence-corrected chi connectivity index (χ0v) is 19.0. The number of likely N-dealkylation sites (N-methyl/N-ethyl adjacent to an activating group) is 1. The van der Waals surface area contributed by atoms with Gasteiger partial charge >= 0.3 is 6.18 Å². The molecule has 2 aromatic heterocycles. The fraction of sp³-hybridized carbons (Fsp3) is 0.500. The van der Waals surface area contributed by atoms with E-state index < -0.39 is 11.9 Å². The van der Waals surface area contributed by atoms with Crippen molar-refractivity contribution in [2.75, 3.05) is 18.9 Å². The molecule has 0 radical (unpaired) electrons. The van der Waals surface area contributed by atoms with Gasteiger partial charge in [-0.15, -0.1) is 0 Å². The molecule has 1 aliphatic carbocycles. The van der Waals surface area contributed by atoms with Gasteiger partial charge in [0.15, 0.2) is 0 Å². The topological polar surface area (TPSA) is 115 Å². The summed E-state index contributed by atoms with van der Waals surface area (Å²) in [6, 6.07) is 4.43. The summed E-state index contributed by atoms with van der Waals surface area (Å²) in [5, 5.41) is 4.14. The first kappa shape index (κ1) is 24.6. The quantitative estimate of drug-likeness (QED) is 0.418. The van der Waals surface area contributed by atoms with Crippen LogP contribution < -0.4 is 21.6 Å². The largest absolute Gasteiger partial charge is 0.489 e. The Balaban J connectivity index is 1.79. The van der Waals surface area contributed by atoms with E-state index in [0.717, 1.165) is 24.7 Å². The molecule has 0 bridgehead atoms. The zero-order chi connectivity index (χ0) is 24.2. The number of alkyl halides is 3. The predicted octanol–water partition coefficient (Wildman–Crippen LogP) is 3.76. The molecule has 0 saturated heterocycles. The van der Waals surface area contributed by atoms with E-state index in [-0.39, 0.29) is 24.3 Å². The number of pyridine rings is 1. The van der Waals surface area contributed by atoms with Crippen LogP contribution in [0.15, 0.2) is 23.9 Å². The van der Waals surface area contributed by atoms with E-state index in [1.165, 1.54) is 31.2 Å². The lowest BCUT2D eigenvalue weighted by Crippen LogP contribution is -2.32. The van der Waals surface area contributed by atoms with Crippen LogP contribution >= 0.6 is 0 Å². The van der Waals surface area contributed by atoms with E-state index in [4.69, 9.17) is 16.3 Å². The Bertz CT molecular complexity index is 1000. The number of aromatic nitrogens is 3. The van der Waals surface area contributed by atoms with Crippen molar-refractivity contribution in [3.05, 3.63) is 46.8 Å². The van der Waals surface area contributed by atoms with Crippen LogP contribution in [0.25, 0.3) is 5.70 Å². The average Bonchev–Trinajstić information content (AvgIpc) is 2.74. The first-order chi connectivity index (χ1) is 15.5. The number of nitrogens with two attached hydrogens (primary N) is 2. The fourth-order valence-corrected chi connectivity index (χ4v) is 3.72. The van der Waals surface area contributed by atoms with E-state index in [0.29, 0.717) is 22.8 Å². The molecular formula is C22H30F3N7O. The molecule has 0 unspecified atom stereocenters. The van der Waals surface area contributed by atoms with Gasteiger partial charge in [0, 0.05) is 13.1 Å². The van der Waals surface area contributed by atoms with Crippen molar-refractivity contribution in [3.8, 4) is 5.75 Å². The number of ether oxygens (including phenoxy) is 1. The van der Waals surface area contributed by atoms with Crippen molar-refractivity contribution in [2.45, 2.75) is 58.2 Å². The molecule has 11 heteroatoms. The summed E-state index contributed by atoms with van der Waals surface area (Å²) in [5.41, 5.74) is 7.24. The van der Waals surface area contributed by atoms with E-state index in [2.05, 4.69) is 20.3 Å². The minimum absolute atomic E-state index is 0.00206. The molecule has 0 atom stereocenters. The van der Waals surface area contributed by atoms with Crippen LogP contribution in [0.1, 0.15) is 55.0 Å². The molecule has 8 nitrogen and oxygen atoms in total. The second-order valence-corrected chi connectivity index (χ2v) is 8.17. The monoisotopic (exact) mass is 465 g/mol. The van der Waals surface area contributed by atoms with E-state index in [1.54, 1.807) is 13.1 Å². The maximum Gasteiger partial charge on any atom is 0.433 e. The van der Waals surface area contributed by atoms with Crippen LogP contribution in [0, 0.1) is 13.8 Å². The number of hydrogen-bond acceptors (Lipinski definition) is 8. The van der Waals surface area contributed by atoms with Crippen molar-refractivity contribution >= 4 is 11.5 Å². The second kappa shape index (κ2) is 10.2.